The first kappa shape index (κ1) is 24.5. The standard InChI is InChI=1S/C24H32O8/c1-9-11-15-13-22(28-4)20(26)23(29-5,30-6)17(15)18-21(22,12-10-2)14-16(27-3)19(25)24(18,31-7)32-8/h9-10,13-14,17-18H,1-2,11-12H2,3-8H3/t17-,18+,21+,22+/m0/s1. The summed E-state index contributed by atoms with van der Waals surface area (Å²) in [5, 5.41) is 0. The Balaban J connectivity index is 2.57. The molecule has 0 unspecified atom stereocenters. The molecule has 2 bridgehead atoms. The first-order valence-corrected chi connectivity index (χ1v) is 10.3. The molecule has 0 aromatic carbocycles. The smallest absolute Gasteiger partial charge is 0.256 e. The third-order valence-electron chi connectivity index (χ3n) is 7.39. The molecule has 8 heteroatoms. The van der Waals surface area contributed by atoms with Crippen LogP contribution in [0, 0.1) is 17.3 Å². The van der Waals surface area contributed by atoms with Gasteiger partial charge in [0.05, 0.1) is 13.0 Å². The van der Waals surface area contributed by atoms with E-state index in [1.54, 1.807) is 24.3 Å². The van der Waals surface area contributed by atoms with Gasteiger partial charge in [-0.1, -0.05) is 17.7 Å². The number of carbonyl (C=O) groups excluding carboxylic acids is 2. The number of fused-ring (bicyclic) bond motifs is 1. The van der Waals surface area contributed by atoms with Crippen LogP contribution in [0.25, 0.3) is 0 Å². The minimum Gasteiger partial charge on any atom is -0.493 e. The van der Waals surface area contributed by atoms with E-state index in [1.807, 2.05) is 0 Å². The molecule has 4 aliphatic carbocycles. The van der Waals surface area contributed by atoms with Gasteiger partial charge < -0.3 is 28.4 Å². The van der Waals surface area contributed by atoms with Crippen LogP contribution in [0.5, 0.6) is 0 Å². The molecule has 176 valence electrons. The molecule has 0 saturated heterocycles. The lowest BCUT2D eigenvalue weighted by atomic mass is 9.41. The summed E-state index contributed by atoms with van der Waals surface area (Å²) >= 11 is 0. The average molecular weight is 449 g/mol. The Morgan fingerprint density at radius 2 is 1.47 bits per heavy atom. The number of hydrogen-bond acceptors (Lipinski definition) is 8. The first-order chi connectivity index (χ1) is 15.3. The fourth-order valence-electron chi connectivity index (χ4n) is 6.20. The normalized spacial score (nSPS) is 34.4. The molecule has 4 atom stereocenters. The minimum absolute atomic E-state index is 0.0164. The Bertz CT molecular complexity index is 878. The lowest BCUT2D eigenvalue weighted by Gasteiger charge is -2.67. The van der Waals surface area contributed by atoms with E-state index < -0.39 is 46.0 Å². The van der Waals surface area contributed by atoms with Crippen molar-refractivity contribution in [2.24, 2.45) is 17.3 Å². The van der Waals surface area contributed by atoms with Crippen molar-refractivity contribution in [3.8, 4) is 0 Å². The molecule has 0 aliphatic heterocycles. The molecule has 0 heterocycles. The van der Waals surface area contributed by atoms with E-state index in [9.17, 15) is 9.59 Å². The minimum atomic E-state index is -1.80. The maximum atomic E-state index is 14.2. The molecule has 0 radical (unpaired) electrons. The summed E-state index contributed by atoms with van der Waals surface area (Å²) in [7, 11) is 8.41. The maximum absolute atomic E-state index is 14.2. The van der Waals surface area contributed by atoms with Crippen LogP contribution >= 0.6 is 0 Å². The van der Waals surface area contributed by atoms with Crippen LogP contribution in [-0.2, 0) is 38.0 Å². The van der Waals surface area contributed by atoms with E-state index in [-0.39, 0.29) is 12.2 Å². The Kier molecular flexibility index (Phi) is 6.40. The van der Waals surface area contributed by atoms with Crippen molar-refractivity contribution in [1.82, 2.24) is 0 Å². The summed E-state index contributed by atoms with van der Waals surface area (Å²) in [4.78, 5) is 27.8. The van der Waals surface area contributed by atoms with Gasteiger partial charge in [0.1, 0.15) is 0 Å². The second-order valence-electron chi connectivity index (χ2n) is 8.16. The molecular formula is C24H32O8. The molecule has 1 saturated carbocycles. The second-order valence-corrected chi connectivity index (χ2v) is 8.16. The SMILES string of the molecule is C=CCC1=C[C@@]2(OC)C(=O)C(OC)(OC)[C@@H]1[C@H]1C(OC)(OC)C(=O)C(OC)=C[C@]12CC=C. The highest BCUT2D eigenvalue weighted by molar-refractivity contribution is 6.05. The topological polar surface area (TPSA) is 89.5 Å². The number of ether oxygens (including phenoxy) is 6. The molecule has 0 N–H and O–H groups in total. The molecular weight excluding hydrogens is 416 g/mol. The van der Waals surface area contributed by atoms with Crippen molar-refractivity contribution in [1.29, 1.82) is 0 Å². The van der Waals surface area contributed by atoms with Crippen LogP contribution in [0.15, 0.2) is 48.8 Å². The number of methoxy groups -OCH3 is 6. The van der Waals surface area contributed by atoms with E-state index in [0.717, 1.165) is 5.57 Å². The Morgan fingerprint density at radius 1 is 0.875 bits per heavy atom. The van der Waals surface area contributed by atoms with Crippen LogP contribution in [0.4, 0.5) is 0 Å². The summed E-state index contributed by atoms with van der Waals surface area (Å²) in [6.07, 6.45) is 7.53. The van der Waals surface area contributed by atoms with Crippen molar-refractivity contribution in [2.45, 2.75) is 30.0 Å². The average Bonchev–Trinajstić information content (AvgIpc) is 2.81. The molecule has 8 nitrogen and oxygen atoms in total. The summed E-state index contributed by atoms with van der Waals surface area (Å²) in [6, 6.07) is 0. The summed E-state index contributed by atoms with van der Waals surface area (Å²) in [5.74, 6) is -5.98. The molecule has 0 spiro atoms. The van der Waals surface area contributed by atoms with Gasteiger partial charge in [-0.2, -0.15) is 0 Å². The van der Waals surface area contributed by atoms with Crippen molar-refractivity contribution in [3.63, 3.8) is 0 Å². The number of hydrogen-bond donors (Lipinski definition) is 0. The predicted octanol–water partition coefficient (Wildman–Crippen LogP) is 2.36. The number of carbonyl (C=O) groups is 2. The summed E-state index contributed by atoms with van der Waals surface area (Å²) < 4.78 is 34.8. The van der Waals surface area contributed by atoms with Crippen LogP contribution < -0.4 is 0 Å². The highest BCUT2D eigenvalue weighted by Crippen LogP contribution is 2.69. The van der Waals surface area contributed by atoms with E-state index >= 15 is 0 Å². The van der Waals surface area contributed by atoms with Crippen LogP contribution in [0.2, 0.25) is 0 Å². The second kappa shape index (κ2) is 8.35. The van der Waals surface area contributed by atoms with Gasteiger partial charge in [-0.05, 0) is 25.0 Å². The highest BCUT2D eigenvalue weighted by atomic mass is 16.7. The molecule has 0 aromatic rings. The van der Waals surface area contributed by atoms with Gasteiger partial charge in [0.25, 0.3) is 5.78 Å². The summed E-state index contributed by atoms with van der Waals surface area (Å²) in [6.45, 7) is 7.77. The van der Waals surface area contributed by atoms with Crippen molar-refractivity contribution < 1.29 is 38.0 Å². The van der Waals surface area contributed by atoms with E-state index in [1.165, 1.54) is 42.7 Å². The number of ketones is 2. The Morgan fingerprint density at radius 3 is 1.91 bits per heavy atom. The third-order valence-corrected chi connectivity index (χ3v) is 7.39. The van der Waals surface area contributed by atoms with Gasteiger partial charge in [0, 0.05) is 46.9 Å². The molecule has 0 amide bonds. The van der Waals surface area contributed by atoms with Gasteiger partial charge in [-0.3, -0.25) is 9.59 Å². The number of allylic oxidation sites excluding steroid dienone is 2. The predicted molar refractivity (Wildman–Crippen MR) is 115 cm³/mol. The fourth-order valence-corrected chi connectivity index (χ4v) is 6.20. The van der Waals surface area contributed by atoms with Crippen molar-refractivity contribution in [3.05, 3.63) is 48.8 Å². The quantitative estimate of drug-likeness (QED) is 0.372. The van der Waals surface area contributed by atoms with Gasteiger partial charge in [0.15, 0.2) is 11.4 Å². The highest BCUT2D eigenvalue weighted by Gasteiger charge is 2.82. The van der Waals surface area contributed by atoms with Crippen LogP contribution in [0.3, 0.4) is 0 Å². The van der Waals surface area contributed by atoms with Gasteiger partial charge >= 0.3 is 0 Å². The zero-order chi connectivity index (χ0) is 23.9. The Labute approximate surface area is 188 Å². The van der Waals surface area contributed by atoms with Crippen LogP contribution in [0.1, 0.15) is 12.8 Å². The number of rotatable bonds is 10. The largest absolute Gasteiger partial charge is 0.493 e. The lowest BCUT2D eigenvalue weighted by molar-refractivity contribution is -0.330. The lowest BCUT2D eigenvalue weighted by Crippen LogP contribution is -2.81. The van der Waals surface area contributed by atoms with E-state index in [4.69, 9.17) is 28.4 Å². The molecule has 4 aliphatic rings. The Hall–Kier alpha value is -2.10. The molecule has 0 aromatic heterocycles. The first-order valence-electron chi connectivity index (χ1n) is 10.3. The number of Topliss-reactive ketones (excluding diaryl/α,β-unsaturated/α-hetero) is 2. The van der Waals surface area contributed by atoms with Crippen LogP contribution in [-0.4, -0.2) is 71.4 Å². The van der Waals surface area contributed by atoms with Gasteiger partial charge in [-0.25, -0.2) is 0 Å². The maximum Gasteiger partial charge on any atom is 0.256 e. The third kappa shape index (κ3) is 2.55. The van der Waals surface area contributed by atoms with Gasteiger partial charge in [0.2, 0.25) is 17.4 Å². The van der Waals surface area contributed by atoms with E-state index in [0.29, 0.717) is 6.42 Å². The monoisotopic (exact) mass is 448 g/mol. The fraction of sp³-hybridized carbons (Fsp3) is 0.583. The van der Waals surface area contributed by atoms with Crippen molar-refractivity contribution in [2.75, 3.05) is 42.7 Å². The zero-order valence-corrected chi connectivity index (χ0v) is 19.6. The molecule has 1 fully saturated rings. The summed E-state index contributed by atoms with van der Waals surface area (Å²) in [5.41, 5.74) is -1.95. The van der Waals surface area contributed by atoms with Gasteiger partial charge in [-0.15, -0.1) is 13.2 Å². The molecule has 4 rings (SSSR count). The van der Waals surface area contributed by atoms with Crippen molar-refractivity contribution >= 4 is 11.6 Å². The zero-order valence-electron chi connectivity index (χ0n) is 19.6. The molecule has 32 heavy (non-hydrogen) atoms. The van der Waals surface area contributed by atoms with E-state index in [2.05, 4.69) is 13.2 Å².